The van der Waals surface area contributed by atoms with Crippen molar-refractivity contribution in [2.45, 2.75) is 6.61 Å². The van der Waals surface area contributed by atoms with Gasteiger partial charge < -0.3 is 4.74 Å². The summed E-state index contributed by atoms with van der Waals surface area (Å²) in [7, 11) is 0. The van der Waals surface area contributed by atoms with Crippen molar-refractivity contribution in [3.05, 3.63) is 65.2 Å². The summed E-state index contributed by atoms with van der Waals surface area (Å²) in [5.74, 6) is -1.06. The number of fused-ring (bicyclic) bond motifs is 2. The minimum absolute atomic E-state index is 0.229. The molecule has 0 saturated carbocycles. The molecule has 0 saturated heterocycles. The molecule has 0 amide bonds. The fourth-order valence-electron chi connectivity index (χ4n) is 1.85. The van der Waals surface area contributed by atoms with Crippen molar-refractivity contribution in [2.24, 2.45) is 0 Å². The van der Waals surface area contributed by atoms with Gasteiger partial charge in [-0.2, -0.15) is 0 Å². The molecule has 5 heteroatoms. The fraction of sp³-hybridized carbons (Fsp3) is 0.0667. The van der Waals surface area contributed by atoms with Crippen molar-refractivity contribution in [3.8, 4) is 5.75 Å². The normalized spacial score (nSPS) is 11.6. The maximum absolute atomic E-state index is 11.8. The topological polar surface area (TPSA) is 61.8 Å². The van der Waals surface area contributed by atoms with Crippen LogP contribution in [-0.2, 0) is 16.4 Å². The van der Waals surface area contributed by atoms with Crippen molar-refractivity contribution < 1.29 is 24.1 Å². The van der Waals surface area contributed by atoms with Crippen LogP contribution in [0.15, 0.2) is 48.5 Å². The first-order chi connectivity index (χ1) is 9.74. The molecule has 0 fully saturated rings. The molecule has 0 aromatic heterocycles. The van der Waals surface area contributed by atoms with E-state index in [0.29, 0.717) is 17.9 Å². The van der Waals surface area contributed by atoms with Crippen molar-refractivity contribution in [2.75, 3.05) is 0 Å². The second-order valence-electron chi connectivity index (χ2n) is 4.23. The van der Waals surface area contributed by atoms with E-state index in [2.05, 4.69) is 9.78 Å². The number of benzene rings is 2. The second kappa shape index (κ2) is 5.05. The van der Waals surface area contributed by atoms with E-state index in [1.807, 2.05) is 0 Å². The number of hydrogen-bond donors (Lipinski definition) is 0. The lowest BCUT2D eigenvalue weighted by Gasteiger charge is -2.04. The molecular formula is C15H10O5. The molecule has 2 bridgehead atoms. The van der Waals surface area contributed by atoms with Gasteiger partial charge in [0.1, 0.15) is 17.9 Å². The van der Waals surface area contributed by atoms with Crippen LogP contribution in [0.1, 0.15) is 26.3 Å². The highest BCUT2D eigenvalue weighted by atomic mass is 17.2. The molecule has 2 aromatic rings. The van der Waals surface area contributed by atoms with Gasteiger partial charge >= 0.3 is 11.9 Å². The maximum atomic E-state index is 11.8. The molecule has 1 heterocycles. The summed E-state index contributed by atoms with van der Waals surface area (Å²) in [6.07, 6.45) is 0. The highest BCUT2D eigenvalue weighted by Gasteiger charge is 2.21. The van der Waals surface area contributed by atoms with Gasteiger partial charge in [0.25, 0.3) is 0 Å². The predicted octanol–water partition coefficient (Wildman–Crippen LogP) is 2.51. The number of hydrogen-bond acceptors (Lipinski definition) is 5. The Balaban J connectivity index is 1.65. The van der Waals surface area contributed by atoms with Crippen molar-refractivity contribution >= 4 is 11.9 Å². The summed E-state index contributed by atoms with van der Waals surface area (Å²) in [6.45, 7) is 0.437. The third-order valence-electron chi connectivity index (χ3n) is 2.86. The lowest BCUT2D eigenvalue weighted by molar-refractivity contribution is -0.187. The van der Waals surface area contributed by atoms with Crippen molar-refractivity contribution in [1.29, 1.82) is 0 Å². The summed E-state index contributed by atoms with van der Waals surface area (Å²) in [5.41, 5.74) is 1.52. The summed E-state index contributed by atoms with van der Waals surface area (Å²) in [5, 5.41) is 0. The first kappa shape index (κ1) is 12.2. The quantitative estimate of drug-likeness (QED) is 0.619. The van der Waals surface area contributed by atoms with Gasteiger partial charge in [0, 0.05) is 0 Å². The minimum atomic E-state index is -0.766. The highest BCUT2D eigenvalue weighted by molar-refractivity contribution is 5.94. The zero-order valence-corrected chi connectivity index (χ0v) is 10.4. The van der Waals surface area contributed by atoms with Crippen LogP contribution in [-0.4, -0.2) is 11.9 Å². The van der Waals surface area contributed by atoms with Gasteiger partial charge in [-0.15, -0.1) is 0 Å². The van der Waals surface area contributed by atoms with Crippen LogP contribution in [0.5, 0.6) is 5.75 Å². The zero-order valence-electron chi connectivity index (χ0n) is 10.4. The van der Waals surface area contributed by atoms with Gasteiger partial charge in [0.2, 0.25) is 0 Å². The molecular weight excluding hydrogens is 260 g/mol. The molecule has 100 valence electrons. The van der Waals surface area contributed by atoms with Crippen LogP contribution in [0, 0.1) is 0 Å². The molecule has 0 atom stereocenters. The zero-order chi connectivity index (χ0) is 13.9. The van der Waals surface area contributed by atoms with E-state index in [0.717, 1.165) is 5.56 Å². The highest BCUT2D eigenvalue weighted by Crippen LogP contribution is 2.28. The summed E-state index contributed by atoms with van der Waals surface area (Å²) in [4.78, 5) is 32.5. The van der Waals surface area contributed by atoms with Gasteiger partial charge in [-0.1, -0.05) is 24.3 Å². The molecule has 20 heavy (non-hydrogen) atoms. The van der Waals surface area contributed by atoms with E-state index < -0.39 is 11.9 Å². The standard InChI is InChI=1S/C15H10O5/c16-14(11-4-2-1-3-5-11)19-20-15(17)12-7-6-10-8-13(12)18-9-10/h1-8H,9H2. The molecule has 0 spiro atoms. The lowest BCUT2D eigenvalue weighted by Crippen LogP contribution is -2.12. The monoisotopic (exact) mass is 270 g/mol. The van der Waals surface area contributed by atoms with E-state index >= 15 is 0 Å². The third-order valence-corrected chi connectivity index (χ3v) is 2.86. The molecule has 0 N–H and O–H groups in total. The summed E-state index contributed by atoms with van der Waals surface area (Å²) in [6, 6.07) is 13.3. The Morgan fingerprint density at radius 1 is 0.950 bits per heavy atom. The predicted molar refractivity (Wildman–Crippen MR) is 68.0 cm³/mol. The van der Waals surface area contributed by atoms with Crippen LogP contribution < -0.4 is 4.74 Å². The number of carbonyl (C=O) groups is 2. The minimum Gasteiger partial charge on any atom is -0.488 e. The van der Waals surface area contributed by atoms with Crippen LogP contribution in [0.2, 0.25) is 0 Å². The van der Waals surface area contributed by atoms with E-state index in [-0.39, 0.29) is 5.56 Å². The van der Waals surface area contributed by atoms with Crippen molar-refractivity contribution in [1.82, 2.24) is 0 Å². The Morgan fingerprint density at radius 2 is 1.70 bits per heavy atom. The average molecular weight is 270 g/mol. The Labute approximate surface area is 114 Å². The van der Waals surface area contributed by atoms with Crippen LogP contribution in [0.3, 0.4) is 0 Å². The Morgan fingerprint density at radius 3 is 2.50 bits per heavy atom. The SMILES string of the molecule is O=C(OOC(=O)c1ccc2cc1OC2)c1ccccc1. The lowest BCUT2D eigenvalue weighted by atomic mass is 10.1. The number of ether oxygens (including phenoxy) is 1. The molecule has 1 aliphatic heterocycles. The van der Waals surface area contributed by atoms with Crippen LogP contribution in [0.4, 0.5) is 0 Å². The van der Waals surface area contributed by atoms with Crippen molar-refractivity contribution in [3.63, 3.8) is 0 Å². The van der Waals surface area contributed by atoms with Crippen LogP contribution >= 0.6 is 0 Å². The molecule has 5 nitrogen and oxygen atoms in total. The van der Waals surface area contributed by atoms with Gasteiger partial charge in [-0.05, 0) is 29.8 Å². The Bertz CT molecular complexity index is 663. The largest absolute Gasteiger partial charge is 0.488 e. The molecule has 0 radical (unpaired) electrons. The first-order valence-electron chi connectivity index (χ1n) is 5.98. The Hall–Kier alpha value is -2.82. The van der Waals surface area contributed by atoms with Gasteiger partial charge in [-0.3, -0.25) is 0 Å². The fourth-order valence-corrected chi connectivity index (χ4v) is 1.85. The van der Waals surface area contributed by atoms with Gasteiger partial charge in [0.05, 0.1) is 5.56 Å². The van der Waals surface area contributed by atoms with E-state index in [1.165, 1.54) is 0 Å². The molecule has 0 unspecified atom stereocenters. The second-order valence-corrected chi connectivity index (χ2v) is 4.23. The summed E-state index contributed by atoms with van der Waals surface area (Å²) < 4.78 is 5.29. The average Bonchev–Trinajstić information content (AvgIpc) is 2.87. The number of carbonyl (C=O) groups excluding carboxylic acids is 2. The first-order valence-corrected chi connectivity index (χ1v) is 5.98. The van der Waals surface area contributed by atoms with Gasteiger partial charge in [-0.25, -0.2) is 19.4 Å². The number of rotatable bonds is 2. The third kappa shape index (κ3) is 2.33. The van der Waals surface area contributed by atoms with Gasteiger partial charge in [0.15, 0.2) is 0 Å². The smallest absolute Gasteiger partial charge is 0.390 e. The maximum Gasteiger partial charge on any atom is 0.390 e. The molecule has 1 aliphatic rings. The molecule has 3 rings (SSSR count). The van der Waals surface area contributed by atoms with E-state index in [9.17, 15) is 9.59 Å². The molecule has 0 aliphatic carbocycles. The van der Waals surface area contributed by atoms with E-state index in [1.54, 1.807) is 48.5 Å². The summed E-state index contributed by atoms with van der Waals surface area (Å²) >= 11 is 0. The molecule has 2 aromatic carbocycles. The van der Waals surface area contributed by atoms with Crippen LogP contribution in [0.25, 0.3) is 0 Å². The van der Waals surface area contributed by atoms with E-state index in [4.69, 9.17) is 4.74 Å². The Kier molecular flexibility index (Phi) is 3.09.